The Kier molecular flexibility index (Phi) is 3.83. The van der Waals surface area contributed by atoms with E-state index in [9.17, 15) is 0 Å². The SMILES string of the molecule is NNC(c1ccccc1I)c1cccc2ccsc12. The van der Waals surface area contributed by atoms with Crippen LogP contribution in [-0.2, 0) is 0 Å². The van der Waals surface area contributed by atoms with Crippen molar-refractivity contribution in [2.75, 3.05) is 0 Å². The molecule has 3 rings (SSSR count). The molecular formula is C15H13IN2S. The maximum absolute atomic E-state index is 5.82. The number of rotatable bonds is 3. The van der Waals surface area contributed by atoms with Crippen molar-refractivity contribution in [1.29, 1.82) is 0 Å². The number of nitrogens with one attached hydrogen (secondary N) is 1. The second-order valence-electron chi connectivity index (χ2n) is 4.31. The molecule has 0 radical (unpaired) electrons. The zero-order chi connectivity index (χ0) is 13.2. The molecule has 2 nitrogen and oxygen atoms in total. The average Bonchev–Trinajstić information content (AvgIpc) is 2.91. The van der Waals surface area contributed by atoms with Crippen LogP contribution in [0.3, 0.4) is 0 Å². The minimum atomic E-state index is 0.0236. The lowest BCUT2D eigenvalue weighted by molar-refractivity contribution is 0.639. The van der Waals surface area contributed by atoms with Crippen molar-refractivity contribution in [2.45, 2.75) is 6.04 Å². The molecule has 2 aromatic carbocycles. The van der Waals surface area contributed by atoms with Crippen molar-refractivity contribution in [1.82, 2.24) is 5.43 Å². The Morgan fingerprint density at radius 2 is 1.79 bits per heavy atom. The Morgan fingerprint density at radius 3 is 2.58 bits per heavy atom. The molecule has 0 saturated heterocycles. The highest BCUT2D eigenvalue weighted by atomic mass is 127. The third-order valence-electron chi connectivity index (χ3n) is 3.20. The van der Waals surface area contributed by atoms with Gasteiger partial charge in [0, 0.05) is 8.27 Å². The molecule has 1 aromatic heterocycles. The number of hydrogen-bond donors (Lipinski definition) is 2. The Balaban J connectivity index is 2.18. The van der Waals surface area contributed by atoms with Gasteiger partial charge in [-0.15, -0.1) is 11.3 Å². The monoisotopic (exact) mass is 380 g/mol. The first-order valence-electron chi connectivity index (χ1n) is 5.98. The van der Waals surface area contributed by atoms with Gasteiger partial charge in [-0.25, -0.2) is 5.43 Å². The van der Waals surface area contributed by atoms with E-state index in [2.05, 4.69) is 75.9 Å². The summed E-state index contributed by atoms with van der Waals surface area (Å²) in [6, 6.07) is 16.9. The van der Waals surface area contributed by atoms with Crippen molar-refractivity contribution in [3.8, 4) is 0 Å². The molecule has 3 aromatic rings. The smallest absolute Gasteiger partial charge is 0.0734 e. The maximum Gasteiger partial charge on any atom is 0.0734 e. The highest BCUT2D eigenvalue weighted by Gasteiger charge is 2.17. The Labute approximate surface area is 129 Å². The quantitative estimate of drug-likeness (QED) is 0.409. The molecule has 19 heavy (non-hydrogen) atoms. The minimum Gasteiger partial charge on any atom is -0.271 e. The Morgan fingerprint density at radius 1 is 1.00 bits per heavy atom. The number of halogens is 1. The molecule has 0 aliphatic heterocycles. The van der Waals surface area contributed by atoms with Crippen LogP contribution >= 0.6 is 33.9 Å². The first-order chi connectivity index (χ1) is 9.31. The lowest BCUT2D eigenvalue weighted by Crippen LogP contribution is -2.29. The van der Waals surface area contributed by atoms with Gasteiger partial charge in [-0.3, -0.25) is 5.84 Å². The van der Waals surface area contributed by atoms with Crippen molar-refractivity contribution >= 4 is 44.0 Å². The number of thiophene rings is 1. The van der Waals surface area contributed by atoms with E-state index < -0.39 is 0 Å². The van der Waals surface area contributed by atoms with E-state index in [-0.39, 0.29) is 6.04 Å². The summed E-state index contributed by atoms with van der Waals surface area (Å²) in [7, 11) is 0. The molecule has 0 aliphatic rings. The van der Waals surface area contributed by atoms with E-state index >= 15 is 0 Å². The molecule has 0 amide bonds. The molecule has 0 aliphatic carbocycles. The molecule has 3 N–H and O–H groups in total. The topological polar surface area (TPSA) is 38.0 Å². The van der Waals surface area contributed by atoms with Gasteiger partial charge in [0.15, 0.2) is 0 Å². The van der Waals surface area contributed by atoms with Crippen LogP contribution < -0.4 is 11.3 Å². The Hall–Kier alpha value is -0.950. The third-order valence-corrected chi connectivity index (χ3v) is 5.17. The number of benzene rings is 2. The van der Waals surface area contributed by atoms with Crippen LogP contribution in [0.1, 0.15) is 17.2 Å². The lowest BCUT2D eigenvalue weighted by atomic mass is 9.98. The molecule has 0 spiro atoms. The summed E-state index contributed by atoms with van der Waals surface area (Å²) in [6.45, 7) is 0. The fourth-order valence-corrected chi connectivity index (χ4v) is 3.94. The van der Waals surface area contributed by atoms with Crippen molar-refractivity contribution in [2.24, 2.45) is 5.84 Å². The van der Waals surface area contributed by atoms with E-state index in [0.717, 1.165) is 0 Å². The predicted molar refractivity (Wildman–Crippen MR) is 90.2 cm³/mol. The van der Waals surface area contributed by atoms with Crippen molar-refractivity contribution in [3.63, 3.8) is 0 Å². The Bertz CT molecular complexity index is 708. The fraction of sp³-hybridized carbons (Fsp3) is 0.0667. The summed E-state index contributed by atoms with van der Waals surface area (Å²) in [6.07, 6.45) is 0. The van der Waals surface area contributed by atoms with E-state index in [1.807, 2.05) is 6.07 Å². The van der Waals surface area contributed by atoms with E-state index in [1.165, 1.54) is 24.8 Å². The summed E-state index contributed by atoms with van der Waals surface area (Å²) < 4.78 is 2.52. The van der Waals surface area contributed by atoms with Crippen LogP contribution in [0.4, 0.5) is 0 Å². The van der Waals surface area contributed by atoms with Gasteiger partial charge in [-0.05, 0) is 56.6 Å². The predicted octanol–water partition coefficient (Wildman–Crippen LogP) is 4.06. The molecule has 96 valence electrons. The van der Waals surface area contributed by atoms with E-state index in [0.29, 0.717) is 0 Å². The van der Waals surface area contributed by atoms with Gasteiger partial charge in [0.25, 0.3) is 0 Å². The van der Waals surface area contributed by atoms with Gasteiger partial charge in [0.05, 0.1) is 6.04 Å². The zero-order valence-corrected chi connectivity index (χ0v) is 13.1. The molecule has 0 saturated carbocycles. The second-order valence-corrected chi connectivity index (χ2v) is 6.39. The molecule has 1 unspecified atom stereocenters. The number of hydrogen-bond acceptors (Lipinski definition) is 3. The molecule has 1 heterocycles. The zero-order valence-electron chi connectivity index (χ0n) is 10.1. The normalized spacial score (nSPS) is 12.7. The van der Waals surface area contributed by atoms with Gasteiger partial charge in [0.1, 0.15) is 0 Å². The van der Waals surface area contributed by atoms with Gasteiger partial charge >= 0.3 is 0 Å². The molecule has 0 bridgehead atoms. The molecule has 0 fully saturated rings. The summed E-state index contributed by atoms with van der Waals surface area (Å²) in [4.78, 5) is 0. The van der Waals surface area contributed by atoms with Crippen LogP contribution in [-0.4, -0.2) is 0 Å². The lowest BCUT2D eigenvalue weighted by Gasteiger charge is -2.19. The van der Waals surface area contributed by atoms with Gasteiger partial charge < -0.3 is 0 Å². The third kappa shape index (κ3) is 2.41. The number of hydrazine groups is 1. The standard InChI is InChI=1S/C15H13IN2S/c16-13-7-2-1-5-11(13)14(18-17)12-6-3-4-10-8-9-19-15(10)12/h1-9,14,18H,17H2. The average molecular weight is 380 g/mol. The highest BCUT2D eigenvalue weighted by Crippen LogP contribution is 2.33. The van der Waals surface area contributed by atoms with Gasteiger partial charge in [0.2, 0.25) is 0 Å². The minimum absolute atomic E-state index is 0.0236. The van der Waals surface area contributed by atoms with Gasteiger partial charge in [-0.1, -0.05) is 36.4 Å². The van der Waals surface area contributed by atoms with Crippen molar-refractivity contribution < 1.29 is 0 Å². The fourth-order valence-electron chi connectivity index (χ4n) is 2.30. The summed E-state index contributed by atoms with van der Waals surface area (Å²) in [5, 5.41) is 3.39. The van der Waals surface area contributed by atoms with Crippen molar-refractivity contribution in [3.05, 3.63) is 68.6 Å². The van der Waals surface area contributed by atoms with Gasteiger partial charge in [-0.2, -0.15) is 0 Å². The first kappa shape index (κ1) is 13.1. The van der Waals surface area contributed by atoms with Crippen LogP contribution in [0.25, 0.3) is 10.1 Å². The largest absolute Gasteiger partial charge is 0.271 e. The molecule has 4 heteroatoms. The summed E-state index contributed by atoms with van der Waals surface area (Å²) in [5.41, 5.74) is 5.41. The van der Waals surface area contributed by atoms with Crippen LogP contribution in [0.5, 0.6) is 0 Å². The van der Waals surface area contributed by atoms with E-state index in [1.54, 1.807) is 11.3 Å². The number of fused-ring (bicyclic) bond motifs is 1. The summed E-state index contributed by atoms with van der Waals surface area (Å²) in [5.74, 6) is 5.82. The first-order valence-corrected chi connectivity index (χ1v) is 7.94. The second kappa shape index (κ2) is 5.58. The van der Waals surface area contributed by atoms with Crippen LogP contribution in [0, 0.1) is 3.57 Å². The summed E-state index contributed by atoms with van der Waals surface area (Å²) >= 11 is 4.12. The van der Waals surface area contributed by atoms with Crippen LogP contribution in [0.2, 0.25) is 0 Å². The van der Waals surface area contributed by atoms with E-state index in [4.69, 9.17) is 5.84 Å². The molecular weight excluding hydrogens is 367 g/mol. The maximum atomic E-state index is 5.82. The molecule has 1 atom stereocenters. The highest BCUT2D eigenvalue weighted by molar-refractivity contribution is 14.1. The van der Waals surface area contributed by atoms with Crippen LogP contribution in [0.15, 0.2) is 53.9 Å². The number of nitrogens with two attached hydrogens (primary N) is 1.